The van der Waals surface area contributed by atoms with Crippen LogP contribution in [0, 0.1) is 19.7 Å². The molecule has 150 valence electrons. The van der Waals surface area contributed by atoms with E-state index in [1.54, 1.807) is 12.1 Å². The van der Waals surface area contributed by atoms with Crippen molar-refractivity contribution in [2.24, 2.45) is 0 Å². The summed E-state index contributed by atoms with van der Waals surface area (Å²) in [6, 6.07) is 12.8. The Balaban J connectivity index is 1.54. The molecule has 3 rings (SSSR count). The van der Waals surface area contributed by atoms with Crippen LogP contribution >= 0.6 is 0 Å². The van der Waals surface area contributed by atoms with Crippen molar-refractivity contribution in [2.45, 2.75) is 33.1 Å². The zero-order valence-corrected chi connectivity index (χ0v) is 17.3. The zero-order chi connectivity index (χ0) is 20.3. The predicted molar refractivity (Wildman–Crippen MR) is 113 cm³/mol. The molecule has 4 nitrogen and oxygen atoms in total. The first-order chi connectivity index (χ1) is 13.3. The summed E-state index contributed by atoms with van der Waals surface area (Å²) >= 11 is 0. The van der Waals surface area contributed by atoms with Gasteiger partial charge in [0.25, 0.3) is 0 Å². The number of anilines is 1. The highest BCUT2D eigenvalue weighted by molar-refractivity contribution is 5.74. The van der Waals surface area contributed by atoms with Crippen molar-refractivity contribution in [1.29, 1.82) is 0 Å². The van der Waals surface area contributed by atoms with Crippen LogP contribution in [0.3, 0.4) is 0 Å². The smallest absolute Gasteiger partial charge is 0.317 e. The summed E-state index contributed by atoms with van der Waals surface area (Å²) in [7, 11) is 0. The van der Waals surface area contributed by atoms with E-state index >= 15 is 0 Å². The van der Waals surface area contributed by atoms with Crippen LogP contribution in [-0.2, 0) is 5.41 Å². The molecule has 1 aliphatic rings. The Labute approximate surface area is 167 Å². The fourth-order valence-electron chi connectivity index (χ4n) is 3.64. The first-order valence-electron chi connectivity index (χ1n) is 9.88. The van der Waals surface area contributed by atoms with E-state index in [0.29, 0.717) is 19.6 Å². The summed E-state index contributed by atoms with van der Waals surface area (Å²) in [6.07, 6.45) is 0. The summed E-state index contributed by atoms with van der Waals surface area (Å²) < 4.78 is 13.2. The molecule has 2 aromatic carbocycles. The Morgan fingerprint density at radius 1 is 1.04 bits per heavy atom. The standard InChI is InChI=1S/C23H30FN3O/c1-17-6-5-7-21(18(17)2)26-12-14-27(15-13-26)22(28)25-16-23(3,4)19-8-10-20(24)11-9-19/h5-11H,12-16H2,1-4H3,(H,25,28). The number of amides is 2. The largest absolute Gasteiger partial charge is 0.368 e. The number of aryl methyl sites for hydroxylation is 1. The molecule has 0 bridgehead atoms. The minimum Gasteiger partial charge on any atom is -0.368 e. The molecule has 5 heteroatoms. The molecular weight excluding hydrogens is 353 g/mol. The van der Waals surface area contributed by atoms with Gasteiger partial charge in [-0.2, -0.15) is 0 Å². The van der Waals surface area contributed by atoms with Crippen molar-refractivity contribution in [3.05, 3.63) is 65.0 Å². The van der Waals surface area contributed by atoms with Crippen LogP contribution in [-0.4, -0.2) is 43.7 Å². The summed E-state index contributed by atoms with van der Waals surface area (Å²) in [6.45, 7) is 12.0. The second-order valence-electron chi connectivity index (χ2n) is 8.24. The number of benzene rings is 2. The first-order valence-corrected chi connectivity index (χ1v) is 9.88. The van der Waals surface area contributed by atoms with E-state index < -0.39 is 0 Å². The Bertz CT molecular complexity index is 824. The number of urea groups is 1. The third kappa shape index (κ3) is 4.46. The molecule has 0 aromatic heterocycles. The summed E-state index contributed by atoms with van der Waals surface area (Å²) in [4.78, 5) is 16.9. The van der Waals surface area contributed by atoms with Gasteiger partial charge in [0, 0.05) is 43.8 Å². The number of nitrogens with one attached hydrogen (secondary N) is 1. The molecule has 0 saturated carbocycles. The van der Waals surface area contributed by atoms with Crippen molar-refractivity contribution >= 4 is 11.7 Å². The quantitative estimate of drug-likeness (QED) is 0.857. The van der Waals surface area contributed by atoms with Gasteiger partial charge in [0.05, 0.1) is 0 Å². The molecule has 0 unspecified atom stereocenters. The Hall–Kier alpha value is -2.56. The average molecular weight is 384 g/mol. The van der Waals surface area contributed by atoms with Gasteiger partial charge in [-0.25, -0.2) is 9.18 Å². The molecule has 0 aliphatic carbocycles. The average Bonchev–Trinajstić information content (AvgIpc) is 2.69. The van der Waals surface area contributed by atoms with E-state index in [-0.39, 0.29) is 17.3 Å². The second-order valence-corrected chi connectivity index (χ2v) is 8.24. The predicted octanol–water partition coefficient (Wildman–Crippen LogP) is 4.25. The van der Waals surface area contributed by atoms with Crippen molar-refractivity contribution in [3.8, 4) is 0 Å². The fourth-order valence-corrected chi connectivity index (χ4v) is 3.64. The van der Waals surface area contributed by atoms with Gasteiger partial charge in [-0.3, -0.25) is 0 Å². The van der Waals surface area contributed by atoms with Gasteiger partial charge >= 0.3 is 6.03 Å². The summed E-state index contributed by atoms with van der Waals surface area (Å²) in [5.41, 5.74) is 4.61. The maximum atomic E-state index is 13.2. The number of carbonyl (C=O) groups is 1. The lowest BCUT2D eigenvalue weighted by Gasteiger charge is -2.37. The Morgan fingerprint density at radius 3 is 2.32 bits per heavy atom. The SMILES string of the molecule is Cc1cccc(N2CCN(C(=O)NCC(C)(C)c3ccc(F)cc3)CC2)c1C. The molecule has 28 heavy (non-hydrogen) atoms. The van der Waals surface area contributed by atoms with Gasteiger partial charge in [0.1, 0.15) is 5.82 Å². The molecule has 1 N–H and O–H groups in total. The zero-order valence-electron chi connectivity index (χ0n) is 17.3. The molecule has 2 amide bonds. The van der Waals surface area contributed by atoms with E-state index in [1.165, 1.54) is 28.9 Å². The van der Waals surface area contributed by atoms with Crippen LogP contribution in [0.5, 0.6) is 0 Å². The van der Waals surface area contributed by atoms with Crippen molar-refractivity contribution < 1.29 is 9.18 Å². The first kappa shape index (κ1) is 20.2. The molecule has 1 saturated heterocycles. The van der Waals surface area contributed by atoms with Crippen LogP contribution < -0.4 is 10.2 Å². The van der Waals surface area contributed by atoms with Gasteiger partial charge in [0.15, 0.2) is 0 Å². The van der Waals surface area contributed by atoms with Crippen LogP contribution in [0.25, 0.3) is 0 Å². The summed E-state index contributed by atoms with van der Waals surface area (Å²) in [5.74, 6) is -0.245. The van der Waals surface area contributed by atoms with E-state index in [4.69, 9.17) is 0 Å². The van der Waals surface area contributed by atoms with Gasteiger partial charge in [-0.05, 0) is 48.7 Å². The van der Waals surface area contributed by atoms with Crippen molar-refractivity contribution in [1.82, 2.24) is 10.2 Å². The van der Waals surface area contributed by atoms with Crippen molar-refractivity contribution in [3.63, 3.8) is 0 Å². The number of piperazine rings is 1. The lowest BCUT2D eigenvalue weighted by Crippen LogP contribution is -2.53. The highest BCUT2D eigenvalue weighted by atomic mass is 19.1. The maximum absolute atomic E-state index is 13.2. The monoisotopic (exact) mass is 383 g/mol. The molecule has 1 aliphatic heterocycles. The van der Waals surface area contributed by atoms with E-state index in [1.807, 2.05) is 4.90 Å². The van der Waals surface area contributed by atoms with Crippen molar-refractivity contribution in [2.75, 3.05) is 37.6 Å². The molecule has 2 aromatic rings. The number of hydrogen-bond acceptors (Lipinski definition) is 2. The summed E-state index contributed by atoms with van der Waals surface area (Å²) in [5, 5.41) is 3.06. The van der Waals surface area contributed by atoms with E-state index in [0.717, 1.165) is 18.7 Å². The lowest BCUT2D eigenvalue weighted by atomic mass is 9.84. The number of nitrogens with zero attached hydrogens (tertiary/aromatic N) is 2. The third-order valence-corrected chi connectivity index (χ3v) is 5.79. The van der Waals surface area contributed by atoms with Crippen LogP contribution in [0.15, 0.2) is 42.5 Å². The Morgan fingerprint density at radius 2 is 1.68 bits per heavy atom. The lowest BCUT2D eigenvalue weighted by molar-refractivity contribution is 0.192. The van der Waals surface area contributed by atoms with Gasteiger partial charge < -0.3 is 15.1 Å². The molecule has 1 fully saturated rings. The van der Waals surface area contributed by atoms with Gasteiger partial charge in [-0.1, -0.05) is 38.1 Å². The minimum atomic E-state index is -0.260. The molecular formula is C23H30FN3O. The van der Waals surface area contributed by atoms with Crippen LogP contribution in [0.4, 0.5) is 14.9 Å². The molecule has 0 radical (unpaired) electrons. The highest BCUT2D eigenvalue weighted by Crippen LogP contribution is 2.24. The van der Waals surface area contributed by atoms with E-state index in [2.05, 4.69) is 56.1 Å². The topological polar surface area (TPSA) is 35.6 Å². The minimum absolute atomic E-state index is 0.0317. The third-order valence-electron chi connectivity index (χ3n) is 5.79. The van der Waals surface area contributed by atoms with Gasteiger partial charge in [-0.15, -0.1) is 0 Å². The number of halogens is 1. The van der Waals surface area contributed by atoms with Crippen LogP contribution in [0.2, 0.25) is 0 Å². The number of rotatable bonds is 4. The van der Waals surface area contributed by atoms with Crippen LogP contribution in [0.1, 0.15) is 30.5 Å². The van der Waals surface area contributed by atoms with E-state index in [9.17, 15) is 9.18 Å². The molecule has 1 heterocycles. The highest BCUT2D eigenvalue weighted by Gasteiger charge is 2.25. The van der Waals surface area contributed by atoms with Gasteiger partial charge in [0.2, 0.25) is 0 Å². The maximum Gasteiger partial charge on any atom is 0.317 e. The molecule has 0 spiro atoms. The Kier molecular flexibility index (Phi) is 5.92. The fraction of sp³-hybridized carbons (Fsp3) is 0.435. The number of carbonyl (C=O) groups excluding carboxylic acids is 1. The number of hydrogen-bond donors (Lipinski definition) is 1. The molecule has 0 atom stereocenters. The second kappa shape index (κ2) is 8.21. The normalized spacial score (nSPS) is 14.9.